The minimum Gasteiger partial charge on any atom is -0.382 e. The molecule has 0 aliphatic rings. The molecule has 0 aliphatic carbocycles. The summed E-state index contributed by atoms with van der Waals surface area (Å²) in [5.74, 6) is 0. The maximum atomic E-state index is 6.10. The van der Waals surface area contributed by atoms with E-state index in [1.54, 1.807) is 0 Å². The van der Waals surface area contributed by atoms with Gasteiger partial charge in [0.2, 0.25) is 0 Å². The summed E-state index contributed by atoms with van der Waals surface area (Å²) in [6.45, 7) is 6.49. The zero-order valence-electron chi connectivity index (χ0n) is 10.5. The summed E-state index contributed by atoms with van der Waals surface area (Å²) in [6.07, 6.45) is 4.93. The van der Waals surface area contributed by atoms with Crippen molar-refractivity contribution in [3.05, 3.63) is 28.8 Å². The molecule has 1 atom stereocenters. The average Bonchev–Trinajstić information content (AvgIpc) is 2.29. The van der Waals surface area contributed by atoms with Crippen LogP contribution in [0.5, 0.6) is 0 Å². The van der Waals surface area contributed by atoms with E-state index in [0.29, 0.717) is 6.04 Å². The number of anilines is 1. The molecule has 90 valence electrons. The summed E-state index contributed by atoms with van der Waals surface area (Å²) in [5.41, 5.74) is 2.27. The third-order valence-electron chi connectivity index (χ3n) is 2.94. The number of rotatable bonds is 6. The number of benzene rings is 1. The van der Waals surface area contributed by atoms with Gasteiger partial charge in [0.05, 0.1) is 0 Å². The van der Waals surface area contributed by atoms with Crippen LogP contribution in [0, 0.1) is 6.92 Å². The largest absolute Gasteiger partial charge is 0.382 e. The molecule has 0 heterocycles. The average molecular weight is 240 g/mol. The number of unbranched alkanes of at least 4 members (excludes halogenated alkanes) is 1. The van der Waals surface area contributed by atoms with E-state index in [1.165, 1.54) is 19.3 Å². The second-order valence-electron chi connectivity index (χ2n) is 4.36. The maximum Gasteiger partial charge on any atom is 0.0455 e. The number of nitrogens with one attached hydrogen (secondary N) is 1. The van der Waals surface area contributed by atoms with E-state index < -0.39 is 0 Å². The zero-order valence-corrected chi connectivity index (χ0v) is 11.3. The summed E-state index contributed by atoms with van der Waals surface area (Å²) >= 11 is 6.10. The van der Waals surface area contributed by atoms with Crippen LogP contribution in [-0.4, -0.2) is 6.04 Å². The highest BCUT2D eigenvalue weighted by Crippen LogP contribution is 2.21. The van der Waals surface area contributed by atoms with Crippen molar-refractivity contribution in [3.8, 4) is 0 Å². The Morgan fingerprint density at radius 1 is 1.31 bits per heavy atom. The SMILES string of the molecule is CCCCC(CC)Nc1ccc(C)c(Cl)c1. The van der Waals surface area contributed by atoms with Crippen LogP contribution >= 0.6 is 11.6 Å². The van der Waals surface area contributed by atoms with Crippen LogP contribution < -0.4 is 5.32 Å². The Balaban J connectivity index is 2.59. The first-order valence-electron chi connectivity index (χ1n) is 6.20. The smallest absolute Gasteiger partial charge is 0.0455 e. The van der Waals surface area contributed by atoms with Crippen LogP contribution in [0.3, 0.4) is 0 Å². The van der Waals surface area contributed by atoms with Gasteiger partial charge in [0, 0.05) is 16.8 Å². The fraction of sp³-hybridized carbons (Fsp3) is 0.571. The van der Waals surface area contributed by atoms with Crippen molar-refractivity contribution in [1.29, 1.82) is 0 Å². The molecule has 0 radical (unpaired) electrons. The summed E-state index contributed by atoms with van der Waals surface area (Å²) < 4.78 is 0. The molecule has 1 N–H and O–H groups in total. The van der Waals surface area contributed by atoms with Crippen molar-refractivity contribution in [1.82, 2.24) is 0 Å². The zero-order chi connectivity index (χ0) is 12.0. The summed E-state index contributed by atoms with van der Waals surface area (Å²) in [4.78, 5) is 0. The molecular formula is C14H22ClN. The van der Waals surface area contributed by atoms with Crippen molar-refractivity contribution in [2.45, 2.75) is 52.5 Å². The number of halogens is 1. The van der Waals surface area contributed by atoms with Gasteiger partial charge in [-0.2, -0.15) is 0 Å². The highest BCUT2D eigenvalue weighted by Gasteiger charge is 2.06. The van der Waals surface area contributed by atoms with E-state index in [1.807, 2.05) is 13.0 Å². The molecule has 0 saturated heterocycles. The minimum atomic E-state index is 0.568. The molecule has 1 aromatic carbocycles. The molecule has 1 aromatic rings. The highest BCUT2D eigenvalue weighted by atomic mass is 35.5. The Hall–Kier alpha value is -0.690. The van der Waals surface area contributed by atoms with E-state index >= 15 is 0 Å². The molecule has 0 amide bonds. The van der Waals surface area contributed by atoms with Crippen LogP contribution in [-0.2, 0) is 0 Å². The first-order chi connectivity index (χ1) is 7.67. The standard InChI is InChI=1S/C14H22ClN/c1-4-6-7-12(5-2)16-13-9-8-11(3)14(15)10-13/h8-10,12,16H,4-7H2,1-3H3. The molecular weight excluding hydrogens is 218 g/mol. The van der Waals surface area contributed by atoms with Gasteiger partial charge in [-0.3, -0.25) is 0 Å². The van der Waals surface area contributed by atoms with Gasteiger partial charge in [-0.25, -0.2) is 0 Å². The molecule has 0 spiro atoms. The van der Waals surface area contributed by atoms with Crippen molar-refractivity contribution in [2.24, 2.45) is 0 Å². The van der Waals surface area contributed by atoms with Crippen molar-refractivity contribution in [2.75, 3.05) is 5.32 Å². The Kier molecular flexibility index (Phi) is 5.68. The van der Waals surface area contributed by atoms with Crippen LogP contribution in [0.1, 0.15) is 45.1 Å². The Bertz CT molecular complexity index is 323. The van der Waals surface area contributed by atoms with Crippen molar-refractivity contribution >= 4 is 17.3 Å². The maximum absolute atomic E-state index is 6.10. The first-order valence-corrected chi connectivity index (χ1v) is 6.57. The second-order valence-corrected chi connectivity index (χ2v) is 4.76. The molecule has 0 saturated carbocycles. The summed E-state index contributed by atoms with van der Waals surface area (Å²) in [5, 5.41) is 4.39. The fourth-order valence-corrected chi connectivity index (χ4v) is 1.93. The fourth-order valence-electron chi connectivity index (χ4n) is 1.75. The van der Waals surface area contributed by atoms with E-state index in [2.05, 4.69) is 31.3 Å². The lowest BCUT2D eigenvalue weighted by atomic mass is 10.1. The summed E-state index contributed by atoms with van der Waals surface area (Å²) in [7, 11) is 0. The monoisotopic (exact) mass is 239 g/mol. The minimum absolute atomic E-state index is 0.568. The molecule has 1 nitrogen and oxygen atoms in total. The van der Waals surface area contributed by atoms with Gasteiger partial charge >= 0.3 is 0 Å². The van der Waals surface area contributed by atoms with Crippen molar-refractivity contribution in [3.63, 3.8) is 0 Å². The van der Waals surface area contributed by atoms with Crippen molar-refractivity contribution < 1.29 is 0 Å². The van der Waals surface area contributed by atoms with Gasteiger partial charge in [0.1, 0.15) is 0 Å². The number of hydrogen-bond donors (Lipinski definition) is 1. The normalized spacial score (nSPS) is 12.5. The molecule has 16 heavy (non-hydrogen) atoms. The molecule has 0 aliphatic heterocycles. The Labute approximate surface area is 104 Å². The number of hydrogen-bond acceptors (Lipinski definition) is 1. The lowest BCUT2D eigenvalue weighted by Gasteiger charge is -2.18. The molecule has 0 aromatic heterocycles. The first kappa shape index (κ1) is 13.4. The lowest BCUT2D eigenvalue weighted by molar-refractivity contribution is 0.593. The number of aryl methyl sites for hydroxylation is 1. The predicted octanol–water partition coefficient (Wildman–Crippen LogP) is 5.03. The molecule has 1 rings (SSSR count). The van der Waals surface area contributed by atoms with E-state index in [9.17, 15) is 0 Å². The third-order valence-corrected chi connectivity index (χ3v) is 3.35. The predicted molar refractivity (Wildman–Crippen MR) is 73.4 cm³/mol. The molecule has 1 unspecified atom stereocenters. The van der Waals surface area contributed by atoms with Crippen LogP contribution in [0.25, 0.3) is 0 Å². The molecule has 0 bridgehead atoms. The van der Waals surface area contributed by atoms with E-state index in [4.69, 9.17) is 11.6 Å². The highest BCUT2D eigenvalue weighted by molar-refractivity contribution is 6.31. The quantitative estimate of drug-likeness (QED) is 0.734. The Morgan fingerprint density at radius 2 is 2.06 bits per heavy atom. The van der Waals surface area contributed by atoms with Crippen LogP contribution in [0.15, 0.2) is 18.2 Å². The summed E-state index contributed by atoms with van der Waals surface area (Å²) in [6, 6.07) is 6.76. The Morgan fingerprint density at radius 3 is 2.62 bits per heavy atom. The van der Waals surface area contributed by atoms with Crippen LogP contribution in [0.4, 0.5) is 5.69 Å². The van der Waals surface area contributed by atoms with E-state index in [-0.39, 0.29) is 0 Å². The lowest BCUT2D eigenvalue weighted by Crippen LogP contribution is -2.18. The molecule has 2 heteroatoms. The molecule has 0 fully saturated rings. The van der Waals surface area contributed by atoms with Gasteiger partial charge in [0.15, 0.2) is 0 Å². The van der Waals surface area contributed by atoms with Gasteiger partial charge < -0.3 is 5.32 Å². The van der Waals surface area contributed by atoms with Gasteiger partial charge in [-0.1, -0.05) is 44.4 Å². The topological polar surface area (TPSA) is 12.0 Å². The van der Waals surface area contributed by atoms with Gasteiger partial charge in [0.25, 0.3) is 0 Å². The third kappa shape index (κ3) is 4.05. The van der Waals surface area contributed by atoms with E-state index in [0.717, 1.165) is 22.7 Å². The van der Waals surface area contributed by atoms with Gasteiger partial charge in [-0.05, 0) is 37.5 Å². The second kappa shape index (κ2) is 6.80. The van der Waals surface area contributed by atoms with Gasteiger partial charge in [-0.15, -0.1) is 0 Å². The van der Waals surface area contributed by atoms with Crippen LogP contribution in [0.2, 0.25) is 5.02 Å².